The van der Waals surface area contributed by atoms with Gasteiger partial charge < -0.3 is 10.2 Å². The van der Waals surface area contributed by atoms with Crippen LogP contribution in [0.5, 0.6) is 0 Å². The molecule has 0 radical (unpaired) electrons. The minimum Gasteiger partial charge on any atom is -0.339 e. The number of rotatable bonds is 5. The van der Waals surface area contributed by atoms with E-state index in [2.05, 4.69) is 16.3 Å². The predicted molar refractivity (Wildman–Crippen MR) is 73.5 cm³/mol. The highest BCUT2D eigenvalue weighted by Crippen LogP contribution is 2.17. The summed E-state index contributed by atoms with van der Waals surface area (Å²) < 4.78 is 0. The maximum atomic E-state index is 12.1. The van der Waals surface area contributed by atoms with Crippen molar-refractivity contribution in [1.82, 2.24) is 15.1 Å². The monoisotopic (exact) mass is 264 g/mol. The number of nitriles is 1. The highest BCUT2D eigenvalue weighted by molar-refractivity contribution is 5.78. The number of hydrogen-bond acceptors (Lipinski definition) is 4. The Morgan fingerprint density at radius 1 is 1.21 bits per heavy atom. The molecule has 106 valence electrons. The van der Waals surface area contributed by atoms with Gasteiger partial charge >= 0.3 is 0 Å². The van der Waals surface area contributed by atoms with Crippen LogP contribution in [0.15, 0.2) is 0 Å². The Labute approximate surface area is 115 Å². The fourth-order valence-corrected chi connectivity index (χ4v) is 2.90. The van der Waals surface area contributed by atoms with Crippen molar-refractivity contribution in [3.05, 3.63) is 0 Å². The third-order valence-electron chi connectivity index (χ3n) is 4.16. The van der Waals surface area contributed by atoms with Crippen LogP contribution in [0, 0.1) is 11.3 Å². The summed E-state index contributed by atoms with van der Waals surface area (Å²) in [4.78, 5) is 16.3. The van der Waals surface area contributed by atoms with Gasteiger partial charge in [0.2, 0.25) is 5.91 Å². The van der Waals surface area contributed by atoms with E-state index in [0.29, 0.717) is 19.0 Å². The van der Waals surface area contributed by atoms with Crippen LogP contribution in [0.3, 0.4) is 0 Å². The normalized spacial score (nSPS) is 21.5. The van der Waals surface area contributed by atoms with Crippen LogP contribution in [-0.4, -0.2) is 61.0 Å². The molecular weight excluding hydrogens is 240 g/mol. The highest BCUT2D eigenvalue weighted by atomic mass is 16.2. The fraction of sp³-hybridized carbons (Fsp3) is 0.857. The van der Waals surface area contributed by atoms with Gasteiger partial charge in [0, 0.05) is 45.2 Å². The van der Waals surface area contributed by atoms with Gasteiger partial charge in [-0.15, -0.1) is 0 Å². The Bertz CT molecular complexity index is 325. The third kappa shape index (κ3) is 4.48. The van der Waals surface area contributed by atoms with Gasteiger partial charge in [-0.2, -0.15) is 5.26 Å². The molecule has 0 atom stereocenters. The summed E-state index contributed by atoms with van der Waals surface area (Å²) in [6, 6.07) is 2.72. The van der Waals surface area contributed by atoms with Crippen LogP contribution in [-0.2, 0) is 4.79 Å². The van der Waals surface area contributed by atoms with E-state index in [1.807, 2.05) is 4.90 Å². The van der Waals surface area contributed by atoms with Crippen molar-refractivity contribution >= 4 is 5.91 Å². The summed E-state index contributed by atoms with van der Waals surface area (Å²) in [7, 11) is 0. The molecule has 1 N–H and O–H groups in total. The zero-order chi connectivity index (χ0) is 13.5. The summed E-state index contributed by atoms with van der Waals surface area (Å²) in [6.07, 6.45) is 5.61. The van der Waals surface area contributed by atoms with E-state index in [1.165, 1.54) is 25.7 Å². The van der Waals surface area contributed by atoms with Crippen LogP contribution in [0.4, 0.5) is 0 Å². The maximum Gasteiger partial charge on any atom is 0.236 e. The van der Waals surface area contributed by atoms with Crippen LogP contribution in [0.25, 0.3) is 0 Å². The van der Waals surface area contributed by atoms with E-state index < -0.39 is 0 Å². The van der Waals surface area contributed by atoms with E-state index in [4.69, 9.17) is 5.26 Å². The summed E-state index contributed by atoms with van der Waals surface area (Å²) in [5.41, 5.74) is 0. The number of nitrogens with zero attached hydrogens (tertiary/aromatic N) is 3. The molecule has 2 fully saturated rings. The third-order valence-corrected chi connectivity index (χ3v) is 4.16. The molecule has 1 saturated heterocycles. The lowest BCUT2D eigenvalue weighted by molar-refractivity contribution is -0.132. The second kappa shape index (κ2) is 7.46. The predicted octanol–water partition coefficient (Wildman–Crippen LogP) is 0.576. The zero-order valence-electron chi connectivity index (χ0n) is 11.6. The molecule has 1 heterocycles. The van der Waals surface area contributed by atoms with E-state index in [-0.39, 0.29) is 5.91 Å². The largest absolute Gasteiger partial charge is 0.339 e. The molecule has 1 saturated carbocycles. The van der Waals surface area contributed by atoms with Crippen LogP contribution < -0.4 is 5.32 Å². The van der Waals surface area contributed by atoms with Crippen LogP contribution in [0.2, 0.25) is 0 Å². The lowest BCUT2D eigenvalue weighted by Gasteiger charge is -2.34. The Kier molecular flexibility index (Phi) is 5.62. The van der Waals surface area contributed by atoms with Gasteiger partial charge in [-0.25, -0.2) is 0 Å². The molecule has 2 rings (SSSR count). The fourth-order valence-electron chi connectivity index (χ4n) is 2.90. The van der Waals surface area contributed by atoms with Crippen molar-refractivity contribution in [2.75, 3.05) is 39.3 Å². The molecule has 1 aliphatic carbocycles. The quantitative estimate of drug-likeness (QED) is 0.789. The Hall–Kier alpha value is -1.12. The molecule has 5 heteroatoms. The number of nitrogens with one attached hydrogen (secondary N) is 1. The molecule has 1 aliphatic heterocycles. The van der Waals surface area contributed by atoms with Crippen molar-refractivity contribution in [2.45, 2.75) is 38.1 Å². The average molecular weight is 264 g/mol. The lowest BCUT2D eigenvalue weighted by atomic mass is 10.2. The van der Waals surface area contributed by atoms with Gasteiger partial charge in [0.15, 0.2) is 0 Å². The van der Waals surface area contributed by atoms with Crippen LogP contribution >= 0.6 is 0 Å². The molecule has 0 aromatic rings. The maximum absolute atomic E-state index is 12.1. The standard InChI is InChI=1S/C14H24N4O/c15-6-3-7-17-8-10-18(11-9-17)14(19)12-16-13-4-1-2-5-13/h13,16H,1-5,7-12H2. The molecule has 0 aromatic heterocycles. The molecule has 0 spiro atoms. The minimum absolute atomic E-state index is 0.229. The van der Waals surface area contributed by atoms with Crippen molar-refractivity contribution in [1.29, 1.82) is 5.26 Å². The Balaban J connectivity index is 1.63. The van der Waals surface area contributed by atoms with E-state index in [0.717, 1.165) is 32.7 Å². The lowest BCUT2D eigenvalue weighted by Crippen LogP contribution is -2.51. The van der Waals surface area contributed by atoms with Gasteiger partial charge in [0.05, 0.1) is 12.6 Å². The molecule has 1 amide bonds. The van der Waals surface area contributed by atoms with Gasteiger partial charge in [0.25, 0.3) is 0 Å². The second-order valence-electron chi connectivity index (χ2n) is 5.49. The van der Waals surface area contributed by atoms with Crippen molar-refractivity contribution in [3.8, 4) is 6.07 Å². The van der Waals surface area contributed by atoms with Gasteiger partial charge in [-0.1, -0.05) is 12.8 Å². The van der Waals surface area contributed by atoms with Gasteiger partial charge in [-0.3, -0.25) is 9.69 Å². The van der Waals surface area contributed by atoms with E-state index in [1.54, 1.807) is 0 Å². The number of hydrogen-bond donors (Lipinski definition) is 1. The molecule has 0 unspecified atom stereocenters. The van der Waals surface area contributed by atoms with Gasteiger partial charge in [-0.05, 0) is 12.8 Å². The second-order valence-corrected chi connectivity index (χ2v) is 5.49. The molecular formula is C14H24N4O. The zero-order valence-corrected chi connectivity index (χ0v) is 11.6. The molecule has 5 nitrogen and oxygen atoms in total. The summed E-state index contributed by atoms with van der Waals surface area (Å²) in [6.45, 7) is 4.72. The van der Waals surface area contributed by atoms with Crippen LogP contribution in [0.1, 0.15) is 32.1 Å². The first-order chi connectivity index (χ1) is 9.29. The topological polar surface area (TPSA) is 59.4 Å². The summed E-state index contributed by atoms with van der Waals surface area (Å²) in [5.74, 6) is 0.229. The van der Waals surface area contributed by atoms with Crippen molar-refractivity contribution in [2.24, 2.45) is 0 Å². The minimum atomic E-state index is 0.229. The van der Waals surface area contributed by atoms with E-state index in [9.17, 15) is 4.79 Å². The van der Waals surface area contributed by atoms with Gasteiger partial charge in [0.1, 0.15) is 0 Å². The number of carbonyl (C=O) groups excluding carboxylic acids is 1. The average Bonchev–Trinajstić information content (AvgIpc) is 2.96. The first-order valence-corrected chi connectivity index (χ1v) is 7.40. The number of amides is 1. The Morgan fingerprint density at radius 2 is 1.89 bits per heavy atom. The van der Waals surface area contributed by atoms with E-state index >= 15 is 0 Å². The Morgan fingerprint density at radius 3 is 2.53 bits per heavy atom. The SMILES string of the molecule is N#CCCN1CCN(C(=O)CNC2CCCC2)CC1. The first kappa shape index (κ1) is 14.3. The number of carbonyl (C=O) groups is 1. The molecule has 0 bridgehead atoms. The van der Waals surface area contributed by atoms with Crippen molar-refractivity contribution in [3.63, 3.8) is 0 Å². The summed E-state index contributed by atoms with van der Waals surface area (Å²) in [5, 5.41) is 11.9. The van der Waals surface area contributed by atoms with Crippen molar-refractivity contribution < 1.29 is 4.79 Å². The first-order valence-electron chi connectivity index (χ1n) is 7.40. The number of piperazine rings is 1. The highest BCUT2D eigenvalue weighted by Gasteiger charge is 2.22. The summed E-state index contributed by atoms with van der Waals surface area (Å²) >= 11 is 0. The molecule has 0 aromatic carbocycles. The molecule has 2 aliphatic rings. The smallest absolute Gasteiger partial charge is 0.236 e. The molecule has 19 heavy (non-hydrogen) atoms.